The number of amides is 1. The van der Waals surface area contributed by atoms with Gasteiger partial charge in [-0.1, -0.05) is 36.6 Å². The van der Waals surface area contributed by atoms with Crippen LogP contribution in [0.3, 0.4) is 0 Å². The number of rotatable bonds is 8. The molecule has 3 rings (SSSR count). The van der Waals surface area contributed by atoms with Crippen molar-refractivity contribution in [3.8, 4) is 17.5 Å². The molecule has 0 saturated heterocycles. The molecule has 162 valence electrons. The molecule has 0 aliphatic heterocycles. The molecule has 0 fully saturated rings. The van der Waals surface area contributed by atoms with Crippen LogP contribution in [0.2, 0.25) is 0 Å². The predicted octanol–water partition coefficient (Wildman–Crippen LogP) is 4.19. The molecule has 32 heavy (non-hydrogen) atoms. The predicted molar refractivity (Wildman–Crippen MR) is 132 cm³/mol. The zero-order chi connectivity index (χ0) is 22.8. The second kappa shape index (κ2) is 11.6. The Morgan fingerprint density at radius 2 is 1.97 bits per heavy atom. The van der Waals surface area contributed by atoms with E-state index in [1.165, 1.54) is 11.8 Å². The van der Waals surface area contributed by atoms with Crippen LogP contribution in [0.1, 0.15) is 35.3 Å². The van der Waals surface area contributed by atoms with E-state index in [4.69, 9.17) is 0 Å². The van der Waals surface area contributed by atoms with E-state index in [9.17, 15) is 4.79 Å². The fourth-order valence-corrected chi connectivity index (χ4v) is 3.26. The van der Waals surface area contributed by atoms with Crippen LogP contribution in [0.4, 0.5) is 0 Å². The summed E-state index contributed by atoms with van der Waals surface area (Å²) in [6, 6.07) is 17.0. The van der Waals surface area contributed by atoms with Crippen molar-refractivity contribution in [3.63, 3.8) is 0 Å². The second-order valence-corrected chi connectivity index (χ2v) is 8.19. The van der Waals surface area contributed by atoms with Crippen molar-refractivity contribution in [2.24, 2.45) is 5.10 Å². The summed E-state index contributed by atoms with van der Waals surface area (Å²) < 4.78 is 1.74. The standard InChI is InChI=1S/C25H25N5OS/c1-19(2)28-29-20(3)32-17-15-26-25(31)23-12-13-24(30-16-7-14-27-30)22(18-23)11-10-21-8-5-4-6-9-21/h4-9,12-14,16,18,29H,3,15,17H2,1-2H3,(H,26,31). The van der Waals surface area contributed by atoms with Crippen molar-refractivity contribution >= 4 is 23.4 Å². The number of carbonyl (C=O) groups excluding carboxylic acids is 1. The minimum Gasteiger partial charge on any atom is -0.351 e. The lowest BCUT2D eigenvalue weighted by Gasteiger charge is -2.09. The highest BCUT2D eigenvalue weighted by atomic mass is 32.2. The third-order valence-electron chi connectivity index (χ3n) is 4.19. The van der Waals surface area contributed by atoms with Crippen molar-refractivity contribution in [2.45, 2.75) is 13.8 Å². The van der Waals surface area contributed by atoms with Crippen molar-refractivity contribution in [1.29, 1.82) is 0 Å². The van der Waals surface area contributed by atoms with Gasteiger partial charge in [-0.05, 0) is 50.2 Å². The number of carbonyl (C=O) groups is 1. The van der Waals surface area contributed by atoms with Crippen LogP contribution in [0, 0.1) is 11.8 Å². The lowest BCUT2D eigenvalue weighted by atomic mass is 10.1. The minimum absolute atomic E-state index is 0.152. The van der Waals surface area contributed by atoms with Gasteiger partial charge in [0.25, 0.3) is 5.91 Å². The smallest absolute Gasteiger partial charge is 0.251 e. The Hall–Kier alpha value is -3.76. The molecule has 0 aliphatic carbocycles. The SMILES string of the molecule is C=C(NN=C(C)C)SCCNC(=O)c1ccc(-n2cccn2)c(C#Cc2ccccc2)c1. The summed E-state index contributed by atoms with van der Waals surface area (Å²) in [6.07, 6.45) is 3.56. The lowest BCUT2D eigenvalue weighted by molar-refractivity contribution is 0.0956. The molecule has 0 spiro atoms. The van der Waals surface area contributed by atoms with E-state index in [0.29, 0.717) is 17.9 Å². The first-order chi connectivity index (χ1) is 15.5. The van der Waals surface area contributed by atoms with Crippen molar-refractivity contribution < 1.29 is 4.79 Å². The van der Waals surface area contributed by atoms with Gasteiger partial charge in [-0.2, -0.15) is 10.2 Å². The molecule has 6 nitrogen and oxygen atoms in total. The Morgan fingerprint density at radius 1 is 1.16 bits per heavy atom. The average molecular weight is 444 g/mol. The van der Waals surface area contributed by atoms with Gasteiger partial charge in [-0.15, -0.1) is 11.8 Å². The molecular formula is C25H25N5OS. The normalized spacial score (nSPS) is 9.94. The van der Waals surface area contributed by atoms with E-state index in [0.717, 1.165) is 27.6 Å². The quantitative estimate of drug-likeness (QED) is 0.237. The maximum absolute atomic E-state index is 12.7. The average Bonchev–Trinajstić information content (AvgIpc) is 3.34. The Labute approximate surface area is 192 Å². The summed E-state index contributed by atoms with van der Waals surface area (Å²) in [6.45, 7) is 8.21. The number of nitrogens with one attached hydrogen (secondary N) is 2. The summed E-state index contributed by atoms with van der Waals surface area (Å²) in [5.41, 5.74) is 6.80. The van der Waals surface area contributed by atoms with Crippen LogP contribution >= 0.6 is 11.8 Å². The van der Waals surface area contributed by atoms with Gasteiger partial charge in [0.1, 0.15) is 0 Å². The molecule has 0 atom stereocenters. The Balaban J connectivity index is 1.69. The highest BCUT2D eigenvalue weighted by Gasteiger charge is 2.10. The van der Waals surface area contributed by atoms with Crippen LogP contribution in [-0.2, 0) is 0 Å². The molecule has 0 saturated carbocycles. The van der Waals surface area contributed by atoms with Gasteiger partial charge in [0.15, 0.2) is 0 Å². The molecule has 0 radical (unpaired) electrons. The van der Waals surface area contributed by atoms with Crippen LogP contribution < -0.4 is 10.7 Å². The molecule has 1 heterocycles. The van der Waals surface area contributed by atoms with Crippen molar-refractivity contribution in [2.75, 3.05) is 12.3 Å². The fraction of sp³-hybridized carbons (Fsp3) is 0.160. The molecule has 0 bridgehead atoms. The largest absolute Gasteiger partial charge is 0.351 e. The Bertz CT molecular complexity index is 1150. The highest BCUT2D eigenvalue weighted by Crippen LogP contribution is 2.16. The van der Waals surface area contributed by atoms with Crippen LogP contribution in [0.25, 0.3) is 5.69 Å². The van der Waals surface area contributed by atoms with Crippen molar-refractivity contribution in [3.05, 3.63) is 95.3 Å². The van der Waals surface area contributed by atoms with Gasteiger partial charge >= 0.3 is 0 Å². The molecule has 7 heteroatoms. The number of benzene rings is 2. The zero-order valence-corrected chi connectivity index (χ0v) is 18.9. The minimum atomic E-state index is -0.152. The Kier molecular flexibility index (Phi) is 8.29. The molecule has 1 aromatic heterocycles. The van der Waals surface area contributed by atoms with Gasteiger partial charge in [0, 0.05) is 41.5 Å². The maximum atomic E-state index is 12.7. The molecular weight excluding hydrogens is 418 g/mol. The van der Waals surface area contributed by atoms with Gasteiger partial charge in [0.2, 0.25) is 0 Å². The van der Waals surface area contributed by atoms with Crippen molar-refractivity contribution in [1.82, 2.24) is 20.5 Å². The van der Waals surface area contributed by atoms with Crippen LogP contribution in [-0.4, -0.2) is 33.7 Å². The summed E-state index contributed by atoms with van der Waals surface area (Å²) in [5, 5.41) is 12.1. The molecule has 2 aromatic carbocycles. The highest BCUT2D eigenvalue weighted by molar-refractivity contribution is 8.03. The van der Waals surface area contributed by atoms with Crippen LogP contribution in [0.5, 0.6) is 0 Å². The topological polar surface area (TPSA) is 71.3 Å². The Morgan fingerprint density at radius 3 is 2.69 bits per heavy atom. The molecule has 0 aliphatic rings. The summed E-state index contributed by atoms with van der Waals surface area (Å²) >= 11 is 1.50. The van der Waals surface area contributed by atoms with E-state index in [-0.39, 0.29) is 5.91 Å². The first kappa shape index (κ1) is 22.9. The van der Waals surface area contributed by atoms with E-state index in [1.54, 1.807) is 23.0 Å². The molecule has 3 aromatic rings. The monoisotopic (exact) mass is 443 g/mol. The number of hydrogen-bond donors (Lipinski definition) is 2. The summed E-state index contributed by atoms with van der Waals surface area (Å²) in [7, 11) is 0. The summed E-state index contributed by atoms with van der Waals surface area (Å²) in [4.78, 5) is 12.7. The van der Waals surface area contributed by atoms with E-state index in [1.807, 2.05) is 62.5 Å². The molecule has 0 unspecified atom stereocenters. The first-order valence-electron chi connectivity index (χ1n) is 10.1. The number of thioether (sulfide) groups is 1. The fourth-order valence-electron chi connectivity index (χ4n) is 2.70. The van der Waals surface area contributed by atoms with Gasteiger partial charge in [-0.3, -0.25) is 10.2 Å². The number of aromatic nitrogens is 2. The molecule has 1 amide bonds. The first-order valence-corrected chi connectivity index (χ1v) is 11.1. The second-order valence-electron chi connectivity index (χ2n) is 7.00. The number of hydrogen-bond acceptors (Lipinski definition) is 5. The maximum Gasteiger partial charge on any atom is 0.251 e. The number of nitrogens with zero attached hydrogens (tertiary/aromatic N) is 3. The van der Waals surface area contributed by atoms with E-state index >= 15 is 0 Å². The molecule has 2 N–H and O–H groups in total. The number of hydrazone groups is 1. The van der Waals surface area contributed by atoms with E-state index < -0.39 is 0 Å². The lowest BCUT2D eigenvalue weighted by Crippen LogP contribution is -2.26. The third-order valence-corrected chi connectivity index (χ3v) is 5.04. The van der Waals surface area contributed by atoms with Gasteiger partial charge in [-0.25, -0.2) is 4.68 Å². The van der Waals surface area contributed by atoms with Crippen LogP contribution in [0.15, 0.2) is 83.7 Å². The van der Waals surface area contributed by atoms with Gasteiger partial charge in [0.05, 0.1) is 16.3 Å². The van der Waals surface area contributed by atoms with E-state index in [2.05, 4.69) is 39.4 Å². The van der Waals surface area contributed by atoms with Gasteiger partial charge < -0.3 is 5.32 Å². The zero-order valence-electron chi connectivity index (χ0n) is 18.1. The third kappa shape index (κ3) is 6.89. The summed E-state index contributed by atoms with van der Waals surface area (Å²) in [5.74, 6) is 6.88.